The molecule has 1 aliphatic heterocycles. The third-order valence-electron chi connectivity index (χ3n) is 4.56. The third kappa shape index (κ3) is 3.74. The molecule has 0 bridgehead atoms. The molecule has 0 saturated carbocycles. The highest BCUT2D eigenvalue weighted by molar-refractivity contribution is 5.56. The predicted octanol–water partition coefficient (Wildman–Crippen LogP) is 3.25. The molecule has 6 heteroatoms. The summed E-state index contributed by atoms with van der Waals surface area (Å²) in [5.74, 6) is 1.39. The maximum Gasteiger partial charge on any atom is 0.247 e. The van der Waals surface area contributed by atoms with E-state index in [1.54, 1.807) is 6.20 Å². The van der Waals surface area contributed by atoms with Crippen LogP contribution >= 0.6 is 0 Å². The highest BCUT2D eigenvalue weighted by atomic mass is 15.4. The first kappa shape index (κ1) is 16.3. The largest absolute Gasteiger partial charge is 0.368 e. The van der Waals surface area contributed by atoms with Crippen LogP contribution in [0.15, 0.2) is 60.8 Å². The third-order valence-corrected chi connectivity index (χ3v) is 4.56. The van der Waals surface area contributed by atoms with Gasteiger partial charge in [0.15, 0.2) is 5.82 Å². The molecule has 1 aromatic heterocycles. The summed E-state index contributed by atoms with van der Waals surface area (Å²) >= 11 is 0. The van der Waals surface area contributed by atoms with Crippen molar-refractivity contribution in [3.8, 4) is 0 Å². The van der Waals surface area contributed by atoms with E-state index in [0.717, 1.165) is 31.9 Å². The van der Waals surface area contributed by atoms with Gasteiger partial charge in [-0.3, -0.25) is 0 Å². The van der Waals surface area contributed by atoms with Crippen LogP contribution in [0, 0.1) is 6.92 Å². The zero-order chi connectivity index (χ0) is 17.8. The van der Waals surface area contributed by atoms with Crippen LogP contribution in [0.5, 0.6) is 0 Å². The molecule has 0 radical (unpaired) electrons. The Kier molecular flexibility index (Phi) is 4.64. The van der Waals surface area contributed by atoms with Crippen molar-refractivity contribution in [1.29, 1.82) is 0 Å². The van der Waals surface area contributed by atoms with Gasteiger partial charge in [-0.15, -0.1) is 5.10 Å². The van der Waals surface area contributed by atoms with Crippen molar-refractivity contribution >= 4 is 23.1 Å². The summed E-state index contributed by atoms with van der Waals surface area (Å²) < 4.78 is 0. The molecular weight excluding hydrogens is 324 g/mol. The minimum atomic E-state index is 0.676. The lowest BCUT2D eigenvalue weighted by Crippen LogP contribution is -2.47. The molecule has 1 fully saturated rings. The molecule has 132 valence electrons. The summed E-state index contributed by atoms with van der Waals surface area (Å²) in [6.07, 6.45) is 1.66. The molecule has 6 nitrogen and oxygen atoms in total. The summed E-state index contributed by atoms with van der Waals surface area (Å²) in [5.41, 5.74) is 3.49. The summed E-state index contributed by atoms with van der Waals surface area (Å²) in [6, 6.07) is 18.7. The van der Waals surface area contributed by atoms with Gasteiger partial charge in [0.05, 0.1) is 6.20 Å². The van der Waals surface area contributed by atoms with Gasteiger partial charge in [0.1, 0.15) is 0 Å². The van der Waals surface area contributed by atoms with Crippen molar-refractivity contribution in [3.63, 3.8) is 0 Å². The van der Waals surface area contributed by atoms with Crippen LogP contribution in [0.4, 0.5) is 23.1 Å². The monoisotopic (exact) mass is 346 g/mol. The van der Waals surface area contributed by atoms with E-state index in [9.17, 15) is 0 Å². The van der Waals surface area contributed by atoms with Crippen LogP contribution in [0.3, 0.4) is 0 Å². The Balaban J connectivity index is 1.42. The van der Waals surface area contributed by atoms with Gasteiger partial charge in [-0.25, -0.2) is 0 Å². The van der Waals surface area contributed by atoms with Crippen molar-refractivity contribution < 1.29 is 0 Å². The van der Waals surface area contributed by atoms with Gasteiger partial charge >= 0.3 is 0 Å². The topological polar surface area (TPSA) is 57.2 Å². The van der Waals surface area contributed by atoms with Crippen LogP contribution in [0.25, 0.3) is 0 Å². The molecule has 26 heavy (non-hydrogen) atoms. The van der Waals surface area contributed by atoms with Crippen molar-refractivity contribution in [2.24, 2.45) is 0 Å². The smallest absolute Gasteiger partial charge is 0.247 e. The molecule has 1 aliphatic rings. The molecule has 1 saturated heterocycles. The fourth-order valence-corrected chi connectivity index (χ4v) is 3.08. The first-order valence-electron chi connectivity index (χ1n) is 8.86. The molecule has 2 heterocycles. The number of aromatic nitrogens is 3. The number of aryl methyl sites for hydroxylation is 1. The SMILES string of the molecule is Cc1ccc(Nc2cnnc(N3CCN(c4ccccc4)CC3)n2)cc1. The first-order valence-corrected chi connectivity index (χ1v) is 8.86. The van der Waals surface area contributed by atoms with Crippen LogP contribution in [0.1, 0.15) is 5.56 Å². The zero-order valence-electron chi connectivity index (χ0n) is 14.8. The molecular formula is C20H22N6. The average Bonchev–Trinajstić information content (AvgIpc) is 2.71. The van der Waals surface area contributed by atoms with Gasteiger partial charge in [0.2, 0.25) is 5.95 Å². The number of anilines is 4. The number of piperazine rings is 1. The van der Waals surface area contributed by atoms with E-state index in [0.29, 0.717) is 11.8 Å². The Bertz CT molecular complexity index is 842. The van der Waals surface area contributed by atoms with Gasteiger partial charge in [0.25, 0.3) is 0 Å². The summed E-state index contributed by atoms with van der Waals surface area (Å²) in [5, 5.41) is 11.6. The molecule has 2 aromatic carbocycles. The minimum absolute atomic E-state index is 0.676. The van der Waals surface area contributed by atoms with Gasteiger partial charge in [0, 0.05) is 37.6 Å². The predicted molar refractivity (Wildman–Crippen MR) is 105 cm³/mol. The molecule has 1 N–H and O–H groups in total. The van der Waals surface area contributed by atoms with Gasteiger partial charge < -0.3 is 15.1 Å². The Hall–Kier alpha value is -3.15. The lowest BCUT2D eigenvalue weighted by Gasteiger charge is -2.35. The van der Waals surface area contributed by atoms with Crippen molar-refractivity contribution in [2.45, 2.75) is 6.92 Å². The maximum absolute atomic E-state index is 4.63. The highest BCUT2D eigenvalue weighted by Gasteiger charge is 2.19. The van der Waals surface area contributed by atoms with Crippen LogP contribution in [-0.4, -0.2) is 41.4 Å². The van der Waals surface area contributed by atoms with E-state index < -0.39 is 0 Å². The fraction of sp³-hybridized carbons (Fsp3) is 0.250. The first-order chi connectivity index (χ1) is 12.8. The number of rotatable bonds is 4. The second-order valence-corrected chi connectivity index (χ2v) is 6.44. The number of nitrogens with one attached hydrogen (secondary N) is 1. The molecule has 3 aromatic rings. The van der Waals surface area contributed by atoms with E-state index in [4.69, 9.17) is 0 Å². The Morgan fingerprint density at radius 1 is 0.846 bits per heavy atom. The van der Waals surface area contributed by atoms with E-state index >= 15 is 0 Å². The molecule has 0 spiro atoms. The van der Waals surface area contributed by atoms with E-state index in [1.807, 2.05) is 18.2 Å². The number of benzene rings is 2. The molecule has 0 atom stereocenters. The van der Waals surface area contributed by atoms with Crippen LogP contribution < -0.4 is 15.1 Å². The highest BCUT2D eigenvalue weighted by Crippen LogP contribution is 2.19. The Morgan fingerprint density at radius 2 is 1.54 bits per heavy atom. The average molecular weight is 346 g/mol. The molecule has 0 amide bonds. The maximum atomic E-state index is 4.63. The Morgan fingerprint density at radius 3 is 2.27 bits per heavy atom. The quantitative estimate of drug-likeness (QED) is 0.783. The summed E-state index contributed by atoms with van der Waals surface area (Å²) in [4.78, 5) is 9.21. The zero-order valence-corrected chi connectivity index (χ0v) is 14.8. The van der Waals surface area contributed by atoms with Crippen LogP contribution in [0.2, 0.25) is 0 Å². The second-order valence-electron chi connectivity index (χ2n) is 6.44. The molecule has 0 unspecified atom stereocenters. The van der Waals surface area contributed by atoms with Crippen molar-refractivity contribution in [3.05, 3.63) is 66.4 Å². The molecule has 4 rings (SSSR count). The standard InChI is InChI=1S/C20H22N6/c1-16-7-9-17(10-8-16)22-19-15-21-24-20(23-19)26-13-11-25(12-14-26)18-5-3-2-4-6-18/h2-10,15H,11-14H2,1H3,(H,22,23,24). The van der Waals surface area contributed by atoms with Gasteiger partial charge in [-0.1, -0.05) is 35.9 Å². The van der Waals surface area contributed by atoms with Gasteiger partial charge in [-0.2, -0.15) is 10.1 Å². The fourth-order valence-electron chi connectivity index (χ4n) is 3.08. The second kappa shape index (κ2) is 7.39. The number of nitrogens with zero attached hydrogens (tertiary/aromatic N) is 5. The lowest BCUT2D eigenvalue weighted by atomic mass is 10.2. The van der Waals surface area contributed by atoms with E-state index in [2.05, 4.69) is 73.6 Å². The van der Waals surface area contributed by atoms with Crippen molar-refractivity contribution in [1.82, 2.24) is 15.2 Å². The number of hydrogen-bond acceptors (Lipinski definition) is 6. The van der Waals surface area contributed by atoms with Crippen LogP contribution in [-0.2, 0) is 0 Å². The molecule has 0 aliphatic carbocycles. The number of para-hydroxylation sites is 1. The Labute approximate surface area is 153 Å². The number of hydrogen-bond donors (Lipinski definition) is 1. The minimum Gasteiger partial charge on any atom is -0.368 e. The summed E-state index contributed by atoms with van der Waals surface area (Å²) in [7, 11) is 0. The lowest BCUT2D eigenvalue weighted by molar-refractivity contribution is 0.635. The summed E-state index contributed by atoms with van der Waals surface area (Å²) in [6.45, 7) is 5.73. The van der Waals surface area contributed by atoms with Gasteiger partial charge in [-0.05, 0) is 31.2 Å². The van der Waals surface area contributed by atoms with E-state index in [1.165, 1.54) is 11.3 Å². The van der Waals surface area contributed by atoms with E-state index in [-0.39, 0.29) is 0 Å². The van der Waals surface area contributed by atoms with Crippen molar-refractivity contribution in [2.75, 3.05) is 41.3 Å². The normalized spacial score (nSPS) is 14.3.